The Kier molecular flexibility index (Phi) is 3.74. The first-order chi connectivity index (χ1) is 10.6. The van der Waals surface area contributed by atoms with Gasteiger partial charge in [-0.15, -0.1) is 0 Å². The molecule has 6 heteroatoms. The Labute approximate surface area is 126 Å². The third-order valence-corrected chi connectivity index (χ3v) is 3.36. The smallest absolute Gasteiger partial charge is 0.279 e. The lowest BCUT2D eigenvalue weighted by Gasteiger charge is -2.12. The number of hydrogen-bond acceptors (Lipinski definition) is 3. The number of para-hydroxylation sites is 1. The molecule has 0 bridgehead atoms. The Balaban J connectivity index is 1.58. The molecule has 0 aromatic heterocycles. The van der Waals surface area contributed by atoms with Crippen LogP contribution in [0.5, 0.6) is 5.75 Å². The normalized spacial score (nSPS) is 15.6. The van der Waals surface area contributed by atoms with Crippen LogP contribution < -0.4 is 15.6 Å². The molecule has 112 valence electrons. The molecule has 1 heterocycles. The van der Waals surface area contributed by atoms with Crippen LogP contribution in [0.2, 0.25) is 0 Å². The van der Waals surface area contributed by atoms with Crippen molar-refractivity contribution in [3.63, 3.8) is 0 Å². The summed E-state index contributed by atoms with van der Waals surface area (Å²) in [5.41, 5.74) is 5.23. The molecule has 0 saturated carbocycles. The highest BCUT2D eigenvalue weighted by Crippen LogP contribution is 2.27. The lowest BCUT2D eigenvalue weighted by Crippen LogP contribution is -2.47. The van der Waals surface area contributed by atoms with Crippen LogP contribution >= 0.6 is 0 Å². The second-order valence-electron chi connectivity index (χ2n) is 4.84. The maximum atomic E-state index is 13.4. The van der Waals surface area contributed by atoms with Crippen molar-refractivity contribution in [1.29, 1.82) is 0 Å². The summed E-state index contributed by atoms with van der Waals surface area (Å²) in [6.45, 7) is 0. The fourth-order valence-corrected chi connectivity index (χ4v) is 2.24. The summed E-state index contributed by atoms with van der Waals surface area (Å²) in [5.74, 6) is -1.20. The topological polar surface area (TPSA) is 67.4 Å². The molecule has 1 unspecified atom stereocenters. The van der Waals surface area contributed by atoms with Crippen molar-refractivity contribution >= 4 is 11.8 Å². The predicted octanol–water partition coefficient (Wildman–Crippen LogP) is 1.59. The van der Waals surface area contributed by atoms with Crippen LogP contribution in [0.1, 0.15) is 15.9 Å². The first-order valence-electron chi connectivity index (χ1n) is 6.74. The van der Waals surface area contributed by atoms with Crippen molar-refractivity contribution in [2.45, 2.75) is 12.5 Å². The number of amides is 2. The summed E-state index contributed by atoms with van der Waals surface area (Å²) in [5, 5.41) is 0. The van der Waals surface area contributed by atoms with Gasteiger partial charge < -0.3 is 4.74 Å². The first kappa shape index (κ1) is 14.1. The molecule has 0 saturated heterocycles. The van der Waals surface area contributed by atoms with Crippen LogP contribution in [0.15, 0.2) is 48.5 Å². The lowest BCUT2D eigenvalue weighted by molar-refractivity contribution is -0.128. The van der Waals surface area contributed by atoms with Gasteiger partial charge in [0.25, 0.3) is 11.8 Å². The van der Waals surface area contributed by atoms with Crippen LogP contribution in [0.4, 0.5) is 4.39 Å². The molecule has 0 spiro atoms. The van der Waals surface area contributed by atoms with Crippen molar-refractivity contribution in [3.05, 3.63) is 65.5 Å². The molecule has 1 aliphatic heterocycles. The highest BCUT2D eigenvalue weighted by Gasteiger charge is 2.29. The van der Waals surface area contributed by atoms with Gasteiger partial charge in [-0.2, -0.15) is 0 Å². The van der Waals surface area contributed by atoms with E-state index in [1.54, 1.807) is 6.07 Å². The summed E-state index contributed by atoms with van der Waals surface area (Å²) in [6.07, 6.45) is -0.282. The minimum Gasteiger partial charge on any atom is -0.480 e. The standard InChI is InChI=1S/C16H13FN2O3/c17-12-7-3-2-6-11(12)15(20)18-19-16(21)14-9-10-5-1-4-8-13(10)22-14/h1-8,14H,9H2,(H,18,20)(H,19,21). The number of rotatable bonds is 2. The number of benzene rings is 2. The third-order valence-electron chi connectivity index (χ3n) is 3.36. The van der Waals surface area contributed by atoms with Crippen molar-refractivity contribution in [3.8, 4) is 5.75 Å². The van der Waals surface area contributed by atoms with E-state index in [4.69, 9.17) is 4.74 Å². The Morgan fingerprint density at radius 2 is 1.77 bits per heavy atom. The Hall–Kier alpha value is -2.89. The zero-order valence-corrected chi connectivity index (χ0v) is 11.5. The Morgan fingerprint density at radius 3 is 2.55 bits per heavy atom. The first-order valence-corrected chi connectivity index (χ1v) is 6.74. The minimum atomic E-state index is -0.720. The monoisotopic (exact) mass is 300 g/mol. The molecular weight excluding hydrogens is 287 g/mol. The predicted molar refractivity (Wildman–Crippen MR) is 76.6 cm³/mol. The third kappa shape index (κ3) is 2.76. The molecule has 2 aromatic carbocycles. The second-order valence-corrected chi connectivity index (χ2v) is 4.84. The van der Waals surface area contributed by atoms with Crippen LogP contribution in [0, 0.1) is 5.82 Å². The molecular formula is C16H13FN2O3. The van der Waals surface area contributed by atoms with E-state index in [1.807, 2.05) is 18.2 Å². The van der Waals surface area contributed by atoms with Gasteiger partial charge >= 0.3 is 0 Å². The quantitative estimate of drug-likeness (QED) is 0.828. The molecule has 1 atom stereocenters. The number of carbonyl (C=O) groups excluding carboxylic acids is 2. The Bertz CT molecular complexity index is 708. The number of ether oxygens (including phenoxy) is 1. The highest BCUT2D eigenvalue weighted by molar-refractivity contribution is 5.96. The van der Waals surface area contributed by atoms with Crippen LogP contribution in [-0.2, 0) is 11.2 Å². The molecule has 22 heavy (non-hydrogen) atoms. The molecule has 0 radical (unpaired) electrons. The Morgan fingerprint density at radius 1 is 1.05 bits per heavy atom. The molecule has 2 aromatic rings. The van der Waals surface area contributed by atoms with E-state index in [1.165, 1.54) is 24.3 Å². The summed E-state index contributed by atoms with van der Waals surface area (Å²) >= 11 is 0. The van der Waals surface area contributed by atoms with E-state index in [-0.39, 0.29) is 5.56 Å². The van der Waals surface area contributed by atoms with Crippen LogP contribution in [0.25, 0.3) is 0 Å². The molecule has 1 aliphatic rings. The van der Waals surface area contributed by atoms with Gasteiger partial charge in [0.1, 0.15) is 11.6 Å². The second kappa shape index (κ2) is 5.85. The lowest BCUT2D eigenvalue weighted by atomic mass is 10.1. The van der Waals surface area contributed by atoms with Crippen molar-refractivity contribution < 1.29 is 18.7 Å². The van der Waals surface area contributed by atoms with Gasteiger partial charge in [-0.25, -0.2) is 4.39 Å². The van der Waals surface area contributed by atoms with E-state index < -0.39 is 23.7 Å². The maximum absolute atomic E-state index is 13.4. The largest absolute Gasteiger partial charge is 0.480 e. The molecule has 2 N–H and O–H groups in total. The van der Waals surface area contributed by atoms with Crippen molar-refractivity contribution in [2.75, 3.05) is 0 Å². The highest BCUT2D eigenvalue weighted by atomic mass is 19.1. The van der Waals surface area contributed by atoms with Crippen molar-refractivity contribution in [2.24, 2.45) is 0 Å². The fourth-order valence-electron chi connectivity index (χ4n) is 2.24. The number of hydrazine groups is 1. The molecule has 0 aliphatic carbocycles. The average molecular weight is 300 g/mol. The minimum absolute atomic E-state index is 0.140. The van der Waals surface area contributed by atoms with E-state index in [0.29, 0.717) is 12.2 Å². The number of nitrogens with one attached hydrogen (secondary N) is 2. The summed E-state index contributed by atoms with van der Waals surface area (Å²) in [4.78, 5) is 23.8. The number of carbonyl (C=O) groups is 2. The molecule has 0 fully saturated rings. The number of fused-ring (bicyclic) bond motifs is 1. The van der Waals surface area contributed by atoms with Crippen LogP contribution in [0.3, 0.4) is 0 Å². The van der Waals surface area contributed by atoms with Gasteiger partial charge in [-0.3, -0.25) is 20.4 Å². The SMILES string of the molecule is O=C(NNC(=O)C1Cc2ccccc2O1)c1ccccc1F. The fraction of sp³-hybridized carbons (Fsp3) is 0.125. The summed E-state index contributed by atoms with van der Waals surface area (Å²) < 4.78 is 18.9. The van der Waals surface area contributed by atoms with Gasteiger partial charge in [-0.1, -0.05) is 30.3 Å². The van der Waals surface area contributed by atoms with Crippen molar-refractivity contribution in [1.82, 2.24) is 10.9 Å². The van der Waals surface area contributed by atoms with Gasteiger partial charge in [0.05, 0.1) is 5.56 Å². The molecule has 2 amide bonds. The summed E-state index contributed by atoms with van der Waals surface area (Å²) in [7, 11) is 0. The number of hydrogen-bond donors (Lipinski definition) is 2. The van der Waals surface area contributed by atoms with Crippen LogP contribution in [-0.4, -0.2) is 17.9 Å². The summed E-state index contributed by atoms with van der Waals surface area (Å²) in [6, 6.07) is 12.9. The maximum Gasteiger partial charge on any atom is 0.279 e. The van der Waals surface area contributed by atoms with E-state index in [2.05, 4.69) is 10.9 Å². The number of halogens is 1. The van der Waals surface area contributed by atoms with E-state index in [0.717, 1.165) is 5.56 Å². The molecule has 3 rings (SSSR count). The van der Waals surface area contributed by atoms with Gasteiger partial charge in [0, 0.05) is 6.42 Å². The van der Waals surface area contributed by atoms with Gasteiger partial charge in [0.15, 0.2) is 6.10 Å². The van der Waals surface area contributed by atoms with E-state index in [9.17, 15) is 14.0 Å². The van der Waals surface area contributed by atoms with Gasteiger partial charge in [0.2, 0.25) is 0 Å². The van der Waals surface area contributed by atoms with E-state index >= 15 is 0 Å². The zero-order chi connectivity index (χ0) is 15.5. The average Bonchev–Trinajstić information content (AvgIpc) is 2.97. The van der Waals surface area contributed by atoms with Gasteiger partial charge in [-0.05, 0) is 23.8 Å². The molecule has 5 nitrogen and oxygen atoms in total. The zero-order valence-electron chi connectivity index (χ0n) is 11.5.